The molecule has 1 aromatic carbocycles. The maximum Gasteiger partial charge on any atom is 0.137 e. The largest absolute Gasteiger partial charge is 0.461 e. The Morgan fingerprint density at radius 3 is 2.82 bits per heavy atom. The molecule has 1 aromatic heterocycles. The van der Waals surface area contributed by atoms with Gasteiger partial charge in [-0.3, -0.25) is 4.79 Å². The molecular formula is C13H10BrFO2. The minimum absolute atomic E-state index is 0.0145. The van der Waals surface area contributed by atoms with Crippen LogP contribution in [0.15, 0.2) is 39.2 Å². The summed E-state index contributed by atoms with van der Waals surface area (Å²) in [6.45, 7) is 1.49. The summed E-state index contributed by atoms with van der Waals surface area (Å²) >= 11 is 3.28. The van der Waals surface area contributed by atoms with Crippen molar-refractivity contribution in [3.63, 3.8) is 0 Å². The molecule has 0 fully saturated rings. The van der Waals surface area contributed by atoms with Gasteiger partial charge in [-0.15, -0.1) is 0 Å². The summed E-state index contributed by atoms with van der Waals surface area (Å²) in [7, 11) is 0. The molecule has 0 bridgehead atoms. The van der Waals surface area contributed by atoms with Crippen LogP contribution in [0.2, 0.25) is 0 Å². The molecule has 17 heavy (non-hydrogen) atoms. The molecule has 0 amide bonds. The summed E-state index contributed by atoms with van der Waals surface area (Å²) in [6, 6.07) is 8.00. The van der Waals surface area contributed by atoms with E-state index in [0.29, 0.717) is 17.1 Å². The smallest absolute Gasteiger partial charge is 0.137 e. The molecule has 1 heterocycles. The van der Waals surface area contributed by atoms with Crippen LogP contribution in [0.25, 0.3) is 11.3 Å². The standard InChI is InChI=1S/C13H10BrFO2/c1-8(16)6-10-3-5-13(17-10)11-7-9(14)2-4-12(11)15/h2-5,7H,6H2,1H3. The van der Waals surface area contributed by atoms with Crippen LogP contribution < -0.4 is 0 Å². The van der Waals surface area contributed by atoms with E-state index in [-0.39, 0.29) is 18.0 Å². The van der Waals surface area contributed by atoms with Crippen molar-refractivity contribution in [2.75, 3.05) is 0 Å². The van der Waals surface area contributed by atoms with E-state index in [4.69, 9.17) is 4.42 Å². The quantitative estimate of drug-likeness (QED) is 0.857. The normalized spacial score (nSPS) is 10.5. The second-order valence-corrected chi connectivity index (χ2v) is 4.68. The minimum atomic E-state index is -0.350. The van der Waals surface area contributed by atoms with Crippen LogP contribution in [0.1, 0.15) is 12.7 Å². The van der Waals surface area contributed by atoms with Crippen LogP contribution in [-0.2, 0) is 11.2 Å². The van der Waals surface area contributed by atoms with Crippen LogP contribution in [0.3, 0.4) is 0 Å². The van der Waals surface area contributed by atoms with Gasteiger partial charge in [-0.05, 0) is 37.3 Å². The lowest BCUT2D eigenvalue weighted by Gasteiger charge is -2.00. The molecule has 2 aromatic rings. The number of halogens is 2. The number of carbonyl (C=O) groups is 1. The van der Waals surface area contributed by atoms with Gasteiger partial charge in [-0.25, -0.2) is 4.39 Å². The van der Waals surface area contributed by atoms with Gasteiger partial charge in [0.15, 0.2) is 0 Å². The zero-order chi connectivity index (χ0) is 12.4. The lowest BCUT2D eigenvalue weighted by molar-refractivity contribution is -0.116. The lowest BCUT2D eigenvalue weighted by Crippen LogP contribution is -1.93. The maximum atomic E-state index is 13.6. The third kappa shape index (κ3) is 2.82. The van der Waals surface area contributed by atoms with Crippen molar-refractivity contribution in [2.45, 2.75) is 13.3 Å². The van der Waals surface area contributed by atoms with Crippen molar-refractivity contribution in [1.82, 2.24) is 0 Å². The van der Waals surface area contributed by atoms with Crippen molar-refractivity contribution in [2.24, 2.45) is 0 Å². The first-order chi connectivity index (χ1) is 8.06. The second kappa shape index (κ2) is 4.84. The summed E-state index contributed by atoms with van der Waals surface area (Å²) < 4.78 is 19.8. The number of ketones is 1. The fourth-order valence-corrected chi connectivity index (χ4v) is 1.91. The average Bonchev–Trinajstić information content (AvgIpc) is 2.69. The maximum absolute atomic E-state index is 13.6. The molecule has 0 atom stereocenters. The highest BCUT2D eigenvalue weighted by molar-refractivity contribution is 9.10. The van der Waals surface area contributed by atoms with Crippen LogP contribution in [0.4, 0.5) is 4.39 Å². The number of furan rings is 1. The van der Waals surface area contributed by atoms with E-state index >= 15 is 0 Å². The zero-order valence-electron chi connectivity index (χ0n) is 9.17. The SMILES string of the molecule is CC(=O)Cc1ccc(-c2cc(Br)ccc2F)o1. The minimum Gasteiger partial charge on any atom is -0.461 e. The van der Waals surface area contributed by atoms with E-state index < -0.39 is 0 Å². The fraction of sp³-hybridized carbons (Fsp3) is 0.154. The van der Waals surface area contributed by atoms with E-state index in [9.17, 15) is 9.18 Å². The van der Waals surface area contributed by atoms with Gasteiger partial charge in [0.25, 0.3) is 0 Å². The Bertz CT molecular complexity index is 560. The predicted molar refractivity (Wildman–Crippen MR) is 66.2 cm³/mol. The van der Waals surface area contributed by atoms with Crippen LogP contribution >= 0.6 is 15.9 Å². The topological polar surface area (TPSA) is 30.2 Å². The molecule has 0 radical (unpaired) electrons. The number of hydrogen-bond donors (Lipinski definition) is 0. The Kier molecular flexibility index (Phi) is 3.43. The fourth-order valence-electron chi connectivity index (χ4n) is 1.55. The third-order valence-corrected chi connectivity index (χ3v) is 2.77. The van der Waals surface area contributed by atoms with Gasteiger partial charge in [-0.1, -0.05) is 15.9 Å². The number of Topliss-reactive ketones (excluding diaryl/α,β-unsaturated/α-hetero) is 1. The highest BCUT2D eigenvalue weighted by Crippen LogP contribution is 2.28. The predicted octanol–water partition coefficient (Wildman–Crippen LogP) is 3.98. The van der Waals surface area contributed by atoms with Crippen molar-refractivity contribution in [3.8, 4) is 11.3 Å². The lowest BCUT2D eigenvalue weighted by atomic mass is 10.1. The van der Waals surface area contributed by atoms with Crippen molar-refractivity contribution in [3.05, 3.63) is 46.4 Å². The van der Waals surface area contributed by atoms with Crippen molar-refractivity contribution >= 4 is 21.7 Å². The molecule has 0 saturated carbocycles. The molecule has 0 spiro atoms. The van der Waals surface area contributed by atoms with E-state index in [1.807, 2.05) is 0 Å². The molecule has 0 unspecified atom stereocenters. The molecule has 0 N–H and O–H groups in total. The molecule has 0 aliphatic rings. The average molecular weight is 297 g/mol. The number of carbonyl (C=O) groups excluding carboxylic acids is 1. The Hall–Kier alpha value is -1.42. The summed E-state index contributed by atoms with van der Waals surface area (Å²) in [5.41, 5.74) is 0.383. The van der Waals surface area contributed by atoms with Gasteiger partial charge >= 0.3 is 0 Å². The summed E-state index contributed by atoms with van der Waals surface area (Å²) in [5.74, 6) is 0.643. The Morgan fingerprint density at radius 2 is 2.12 bits per heavy atom. The Morgan fingerprint density at radius 1 is 1.35 bits per heavy atom. The summed E-state index contributed by atoms with van der Waals surface area (Å²) in [6.07, 6.45) is 0.232. The molecule has 2 rings (SSSR count). The van der Waals surface area contributed by atoms with Gasteiger partial charge in [0, 0.05) is 4.47 Å². The monoisotopic (exact) mass is 296 g/mol. The molecule has 0 aliphatic carbocycles. The van der Waals surface area contributed by atoms with Crippen molar-refractivity contribution < 1.29 is 13.6 Å². The third-order valence-electron chi connectivity index (χ3n) is 2.28. The van der Waals surface area contributed by atoms with E-state index in [1.165, 1.54) is 13.0 Å². The summed E-state index contributed by atoms with van der Waals surface area (Å²) in [4.78, 5) is 10.9. The Balaban J connectivity index is 2.36. The van der Waals surface area contributed by atoms with Gasteiger partial charge in [0.1, 0.15) is 23.1 Å². The van der Waals surface area contributed by atoms with Crippen LogP contribution in [0, 0.1) is 5.82 Å². The van der Waals surface area contributed by atoms with E-state index in [0.717, 1.165) is 4.47 Å². The highest BCUT2D eigenvalue weighted by atomic mass is 79.9. The first-order valence-electron chi connectivity index (χ1n) is 5.10. The zero-order valence-corrected chi connectivity index (χ0v) is 10.8. The number of benzene rings is 1. The molecule has 0 aliphatic heterocycles. The first-order valence-corrected chi connectivity index (χ1v) is 5.89. The number of hydrogen-bond acceptors (Lipinski definition) is 2. The second-order valence-electron chi connectivity index (χ2n) is 3.77. The number of rotatable bonds is 3. The molecule has 88 valence electrons. The van der Waals surface area contributed by atoms with Gasteiger partial charge in [0.05, 0.1) is 12.0 Å². The first kappa shape index (κ1) is 12.0. The highest BCUT2D eigenvalue weighted by Gasteiger charge is 2.11. The van der Waals surface area contributed by atoms with E-state index in [1.54, 1.807) is 24.3 Å². The van der Waals surface area contributed by atoms with Gasteiger partial charge < -0.3 is 4.42 Å². The van der Waals surface area contributed by atoms with Crippen molar-refractivity contribution in [1.29, 1.82) is 0 Å². The van der Waals surface area contributed by atoms with Crippen LogP contribution in [-0.4, -0.2) is 5.78 Å². The Labute approximate surface area is 107 Å². The molecular weight excluding hydrogens is 287 g/mol. The van der Waals surface area contributed by atoms with Crippen LogP contribution in [0.5, 0.6) is 0 Å². The summed E-state index contributed by atoms with van der Waals surface area (Å²) in [5, 5.41) is 0. The van der Waals surface area contributed by atoms with E-state index in [2.05, 4.69) is 15.9 Å². The molecule has 0 saturated heterocycles. The van der Waals surface area contributed by atoms with Gasteiger partial charge in [-0.2, -0.15) is 0 Å². The molecule has 2 nitrogen and oxygen atoms in total. The van der Waals surface area contributed by atoms with Gasteiger partial charge in [0.2, 0.25) is 0 Å². The molecule has 4 heteroatoms.